The lowest BCUT2D eigenvalue weighted by molar-refractivity contribution is -0.141. The van der Waals surface area contributed by atoms with E-state index in [1.54, 1.807) is 18.2 Å². The van der Waals surface area contributed by atoms with E-state index in [9.17, 15) is 14.0 Å². The molecule has 0 atom stereocenters. The highest BCUT2D eigenvalue weighted by molar-refractivity contribution is 5.98. The standard InChI is InChI=1S/C22H17FO3/c23-20-8-4-5-16(13-20)14-22(25)26-15-21(24)19-11-9-18(10-12-19)17-6-2-1-3-7-17/h1-13H,14-15H2. The van der Waals surface area contributed by atoms with Gasteiger partial charge in [0.25, 0.3) is 0 Å². The maximum absolute atomic E-state index is 13.1. The third-order valence-corrected chi connectivity index (χ3v) is 3.92. The minimum Gasteiger partial charge on any atom is -0.457 e. The van der Waals surface area contributed by atoms with Gasteiger partial charge in [0.05, 0.1) is 6.42 Å². The molecule has 0 N–H and O–H groups in total. The first kappa shape index (κ1) is 17.5. The maximum Gasteiger partial charge on any atom is 0.310 e. The van der Waals surface area contributed by atoms with E-state index in [0.717, 1.165) is 11.1 Å². The summed E-state index contributed by atoms with van der Waals surface area (Å²) in [7, 11) is 0. The van der Waals surface area contributed by atoms with Gasteiger partial charge in [-0.2, -0.15) is 0 Å². The molecule has 0 amide bonds. The van der Waals surface area contributed by atoms with Crippen molar-refractivity contribution < 1.29 is 18.7 Å². The molecule has 3 nitrogen and oxygen atoms in total. The molecule has 0 bridgehead atoms. The van der Waals surface area contributed by atoms with E-state index in [2.05, 4.69) is 0 Å². The van der Waals surface area contributed by atoms with Crippen LogP contribution in [0.15, 0.2) is 78.9 Å². The monoisotopic (exact) mass is 348 g/mol. The molecule has 0 aliphatic heterocycles. The summed E-state index contributed by atoms with van der Waals surface area (Å²) in [5.74, 6) is -1.26. The Balaban J connectivity index is 1.55. The zero-order valence-corrected chi connectivity index (χ0v) is 14.0. The number of ketones is 1. The molecule has 3 rings (SSSR count). The maximum atomic E-state index is 13.1. The fourth-order valence-electron chi connectivity index (χ4n) is 2.57. The molecule has 4 heteroatoms. The number of Topliss-reactive ketones (excluding diaryl/α,β-unsaturated/α-hetero) is 1. The van der Waals surface area contributed by atoms with Gasteiger partial charge in [0.2, 0.25) is 0 Å². The van der Waals surface area contributed by atoms with Gasteiger partial charge in [-0.05, 0) is 28.8 Å². The molecule has 3 aromatic carbocycles. The van der Waals surface area contributed by atoms with Crippen molar-refractivity contribution in [2.45, 2.75) is 6.42 Å². The summed E-state index contributed by atoms with van der Waals surface area (Å²) in [5.41, 5.74) is 3.05. The second-order valence-electron chi connectivity index (χ2n) is 5.83. The van der Waals surface area contributed by atoms with Crippen molar-refractivity contribution in [3.05, 3.63) is 95.8 Å². The van der Waals surface area contributed by atoms with Crippen molar-refractivity contribution in [1.82, 2.24) is 0 Å². The number of rotatable bonds is 6. The fourth-order valence-corrected chi connectivity index (χ4v) is 2.57. The number of esters is 1. The summed E-state index contributed by atoms with van der Waals surface area (Å²) in [6.07, 6.45) is -0.0714. The minimum absolute atomic E-state index is 0.0714. The Labute approximate surface area is 151 Å². The highest BCUT2D eigenvalue weighted by Crippen LogP contribution is 2.19. The number of hydrogen-bond donors (Lipinski definition) is 0. The van der Waals surface area contributed by atoms with E-state index < -0.39 is 11.8 Å². The van der Waals surface area contributed by atoms with Crippen molar-refractivity contribution >= 4 is 11.8 Å². The van der Waals surface area contributed by atoms with Gasteiger partial charge in [-0.3, -0.25) is 9.59 Å². The smallest absolute Gasteiger partial charge is 0.310 e. The SMILES string of the molecule is O=C(Cc1cccc(F)c1)OCC(=O)c1ccc(-c2ccccc2)cc1. The van der Waals surface area contributed by atoms with Crippen LogP contribution < -0.4 is 0 Å². The Hall–Kier alpha value is -3.27. The van der Waals surface area contributed by atoms with E-state index >= 15 is 0 Å². The molecular formula is C22H17FO3. The van der Waals surface area contributed by atoms with Gasteiger partial charge in [-0.1, -0.05) is 66.7 Å². The van der Waals surface area contributed by atoms with Crippen LogP contribution >= 0.6 is 0 Å². The number of hydrogen-bond acceptors (Lipinski definition) is 3. The number of carbonyl (C=O) groups is 2. The Morgan fingerprint density at radius 3 is 2.19 bits per heavy atom. The average Bonchev–Trinajstić information content (AvgIpc) is 2.67. The van der Waals surface area contributed by atoms with Gasteiger partial charge in [-0.15, -0.1) is 0 Å². The average molecular weight is 348 g/mol. The van der Waals surface area contributed by atoms with Crippen LogP contribution in [0, 0.1) is 5.82 Å². The molecule has 0 aliphatic carbocycles. The van der Waals surface area contributed by atoms with Gasteiger partial charge in [-0.25, -0.2) is 4.39 Å². The van der Waals surface area contributed by atoms with E-state index in [1.165, 1.54) is 18.2 Å². The molecule has 0 spiro atoms. The molecule has 130 valence electrons. The molecule has 0 saturated carbocycles. The molecule has 0 radical (unpaired) electrons. The number of carbonyl (C=O) groups excluding carboxylic acids is 2. The van der Waals surface area contributed by atoms with Gasteiger partial charge in [0, 0.05) is 5.56 Å². The van der Waals surface area contributed by atoms with Crippen LogP contribution in [0.25, 0.3) is 11.1 Å². The molecule has 3 aromatic rings. The van der Waals surface area contributed by atoms with Gasteiger partial charge < -0.3 is 4.74 Å². The Morgan fingerprint density at radius 1 is 0.808 bits per heavy atom. The van der Waals surface area contributed by atoms with Crippen LogP contribution in [0.2, 0.25) is 0 Å². The summed E-state index contributed by atoms with van der Waals surface area (Å²) in [5, 5.41) is 0. The molecule has 0 unspecified atom stereocenters. The predicted molar refractivity (Wildman–Crippen MR) is 97.3 cm³/mol. The predicted octanol–water partition coefficient (Wildman–Crippen LogP) is 4.46. The molecule has 0 heterocycles. The van der Waals surface area contributed by atoms with Crippen molar-refractivity contribution in [2.75, 3.05) is 6.61 Å². The van der Waals surface area contributed by atoms with Crippen molar-refractivity contribution in [3.8, 4) is 11.1 Å². The summed E-state index contributed by atoms with van der Waals surface area (Å²) in [6, 6.07) is 22.7. The largest absolute Gasteiger partial charge is 0.457 e. The van der Waals surface area contributed by atoms with Gasteiger partial charge >= 0.3 is 5.97 Å². The summed E-state index contributed by atoms with van der Waals surface area (Å²) in [4.78, 5) is 24.0. The molecular weight excluding hydrogens is 331 g/mol. The number of halogens is 1. The van der Waals surface area contributed by atoms with Gasteiger partial charge in [0.1, 0.15) is 5.82 Å². The summed E-state index contributed by atoms with van der Waals surface area (Å²) >= 11 is 0. The minimum atomic E-state index is -0.565. The first-order valence-electron chi connectivity index (χ1n) is 8.20. The molecule has 0 aromatic heterocycles. The highest BCUT2D eigenvalue weighted by atomic mass is 19.1. The highest BCUT2D eigenvalue weighted by Gasteiger charge is 2.11. The van der Waals surface area contributed by atoms with Crippen LogP contribution in [-0.2, 0) is 16.0 Å². The van der Waals surface area contributed by atoms with Crippen molar-refractivity contribution in [3.63, 3.8) is 0 Å². The second kappa shape index (κ2) is 8.21. The van der Waals surface area contributed by atoms with E-state index in [-0.39, 0.29) is 18.8 Å². The van der Waals surface area contributed by atoms with Crippen LogP contribution in [0.5, 0.6) is 0 Å². The third-order valence-electron chi connectivity index (χ3n) is 3.92. The van der Waals surface area contributed by atoms with Crippen LogP contribution in [0.4, 0.5) is 4.39 Å². The molecule has 0 fully saturated rings. The molecule has 0 aliphatic rings. The topological polar surface area (TPSA) is 43.4 Å². The van der Waals surface area contributed by atoms with Crippen molar-refractivity contribution in [2.24, 2.45) is 0 Å². The van der Waals surface area contributed by atoms with E-state index in [1.807, 2.05) is 42.5 Å². The Morgan fingerprint density at radius 2 is 1.50 bits per heavy atom. The first-order valence-corrected chi connectivity index (χ1v) is 8.20. The van der Waals surface area contributed by atoms with Crippen LogP contribution in [0.1, 0.15) is 15.9 Å². The zero-order chi connectivity index (χ0) is 18.4. The first-order chi connectivity index (χ1) is 12.6. The summed E-state index contributed by atoms with van der Waals surface area (Å²) < 4.78 is 18.1. The number of benzene rings is 3. The third kappa shape index (κ3) is 4.63. The van der Waals surface area contributed by atoms with Gasteiger partial charge in [0.15, 0.2) is 12.4 Å². The zero-order valence-electron chi connectivity index (χ0n) is 14.0. The normalized spacial score (nSPS) is 10.3. The molecule has 26 heavy (non-hydrogen) atoms. The van der Waals surface area contributed by atoms with Crippen LogP contribution in [-0.4, -0.2) is 18.4 Å². The van der Waals surface area contributed by atoms with Crippen LogP contribution in [0.3, 0.4) is 0 Å². The summed E-state index contributed by atoms with van der Waals surface area (Å²) in [6.45, 7) is -0.334. The van der Waals surface area contributed by atoms with Crippen molar-refractivity contribution in [1.29, 1.82) is 0 Å². The fraction of sp³-hybridized carbons (Fsp3) is 0.0909. The lowest BCUT2D eigenvalue weighted by Gasteiger charge is -2.06. The van der Waals surface area contributed by atoms with E-state index in [4.69, 9.17) is 4.74 Å². The van der Waals surface area contributed by atoms with E-state index in [0.29, 0.717) is 11.1 Å². The Kier molecular flexibility index (Phi) is 5.54. The number of ether oxygens (including phenoxy) is 1. The molecule has 0 saturated heterocycles. The second-order valence-corrected chi connectivity index (χ2v) is 5.83. The Bertz CT molecular complexity index is 902. The quantitative estimate of drug-likeness (QED) is 0.488. The lowest BCUT2D eigenvalue weighted by atomic mass is 10.0. The lowest BCUT2D eigenvalue weighted by Crippen LogP contribution is -2.15.